The van der Waals surface area contributed by atoms with Crippen LogP contribution >= 0.6 is 24.8 Å². The number of carbonyl (C=O) groups is 2. The Balaban J connectivity index is 0.00000271. The molecule has 1 aliphatic rings. The maximum atomic E-state index is 14.1. The summed E-state index contributed by atoms with van der Waals surface area (Å²) >= 11 is 0. The van der Waals surface area contributed by atoms with Gasteiger partial charge in [-0.15, -0.1) is 24.8 Å². The Labute approximate surface area is 317 Å². The topological polar surface area (TPSA) is 126 Å². The second-order valence-corrected chi connectivity index (χ2v) is 13.4. The third-order valence-corrected chi connectivity index (χ3v) is 9.80. The molecule has 1 aliphatic heterocycles. The van der Waals surface area contributed by atoms with Crippen LogP contribution < -0.4 is 26.7 Å². The fourth-order valence-corrected chi connectivity index (χ4v) is 7.16. The van der Waals surface area contributed by atoms with Crippen LogP contribution in [0.5, 0.6) is 5.75 Å². The van der Waals surface area contributed by atoms with Crippen LogP contribution in [-0.2, 0) is 6.54 Å². The van der Waals surface area contributed by atoms with Crippen molar-refractivity contribution in [3.8, 4) is 5.75 Å². The molecule has 2 amide bonds. The van der Waals surface area contributed by atoms with E-state index in [9.17, 15) is 24.0 Å². The van der Waals surface area contributed by atoms with Crippen molar-refractivity contribution in [3.63, 3.8) is 0 Å². The number of nitrogens with one attached hydrogen (secondary N) is 1. The number of rotatable bonds is 13. The lowest BCUT2D eigenvalue weighted by atomic mass is 9.94. The molecule has 0 radical (unpaired) electrons. The minimum Gasteiger partial charge on any atom is -0.497 e. The van der Waals surface area contributed by atoms with Crippen LogP contribution in [0.2, 0.25) is 0 Å². The van der Waals surface area contributed by atoms with E-state index in [1.165, 1.54) is 21.0 Å². The van der Waals surface area contributed by atoms with Crippen LogP contribution in [0.25, 0.3) is 38.0 Å². The summed E-state index contributed by atoms with van der Waals surface area (Å²) in [6.45, 7) is 2.93. The maximum Gasteiger partial charge on any atom is 0.336 e. The molecule has 0 atom stereocenters. The molecule has 6 aromatic rings. The predicted octanol–water partition coefficient (Wildman–Crippen LogP) is 4.55. The van der Waals surface area contributed by atoms with Gasteiger partial charge in [-0.05, 0) is 94.9 Å². The number of aromatic nitrogens is 2. The van der Waals surface area contributed by atoms with Crippen LogP contribution in [0.3, 0.4) is 0 Å². The van der Waals surface area contributed by atoms with Crippen molar-refractivity contribution in [2.75, 3.05) is 66.3 Å². The first kappa shape index (κ1) is 39.2. The number of nitrogens with zero attached hydrogens (tertiary/aromatic N) is 5. The minimum absolute atomic E-state index is 0. The van der Waals surface area contributed by atoms with Gasteiger partial charge in [-0.2, -0.15) is 0 Å². The molecule has 53 heavy (non-hydrogen) atoms. The van der Waals surface area contributed by atoms with Gasteiger partial charge < -0.3 is 19.9 Å². The monoisotopic (exact) mass is 760 g/mol. The Morgan fingerprint density at radius 2 is 1.42 bits per heavy atom. The molecule has 0 aliphatic carbocycles. The summed E-state index contributed by atoms with van der Waals surface area (Å²) < 4.78 is 8.11. The summed E-state index contributed by atoms with van der Waals surface area (Å²) in [5.74, 6) is -0.0338. The van der Waals surface area contributed by atoms with Crippen molar-refractivity contribution >= 4 is 80.3 Å². The maximum absolute atomic E-state index is 14.1. The number of ether oxygens (including phenoxy) is 1. The summed E-state index contributed by atoms with van der Waals surface area (Å²) in [6, 6.07) is 19.5. The number of fused-ring (bicyclic) bond motifs is 2. The molecule has 0 unspecified atom stereocenters. The zero-order valence-electron chi connectivity index (χ0n) is 30.0. The average molecular weight is 762 g/mol. The van der Waals surface area contributed by atoms with Gasteiger partial charge in [0.15, 0.2) is 5.43 Å². The average Bonchev–Trinajstić information content (AvgIpc) is 3.13. The van der Waals surface area contributed by atoms with E-state index in [-0.39, 0.29) is 54.0 Å². The van der Waals surface area contributed by atoms with E-state index in [4.69, 9.17) is 4.74 Å². The van der Waals surface area contributed by atoms with Gasteiger partial charge in [0.05, 0.1) is 34.3 Å². The number of likely N-dealkylation sites (N-methyl/N-ethyl adjacent to an activating group) is 1. The third-order valence-electron chi connectivity index (χ3n) is 9.80. The number of pyridine rings is 1. The molecule has 0 saturated heterocycles. The lowest BCUT2D eigenvalue weighted by Gasteiger charge is -2.28. The molecule has 0 bridgehead atoms. The minimum atomic E-state index is -0.498. The number of methoxy groups -OCH3 is 1. The first-order valence-electron chi connectivity index (χ1n) is 17.1. The van der Waals surface area contributed by atoms with E-state index in [0.717, 1.165) is 23.7 Å². The first-order chi connectivity index (χ1) is 24.6. The van der Waals surface area contributed by atoms with E-state index in [2.05, 4.69) is 10.2 Å². The van der Waals surface area contributed by atoms with Gasteiger partial charge in [0.2, 0.25) is 0 Å². The van der Waals surface area contributed by atoms with Crippen LogP contribution in [0, 0.1) is 0 Å². The van der Waals surface area contributed by atoms with Gasteiger partial charge in [-0.1, -0.05) is 24.3 Å². The largest absolute Gasteiger partial charge is 0.497 e. The SMILES string of the molecule is COc1ccc2c(c1)c(=O)c1c(NCCCN(C)CCCN3C(=O)c4cccc5cccc(c45)C3=O)ccc3c(=O)n(CCN(C)C)c(=O)n2c31.Cl.Cl. The Kier molecular flexibility index (Phi) is 11.8. The number of amides is 2. The Morgan fingerprint density at radius 1 is 0.736 bits per heavy atom. The predicted molar refractivity (Wildman–Crippen MR) is 215 cm³/mol. The van der Waals surface area contributed by atoms with Crippen LogP contribution in [0.1, 0.15) is 33.6 Å². The fraction of sp³-hybridized carbons (Fsp3) is 0.308. The molecule has 3 heterocycles. The summed E-state index contributed by atoms with van der Waals surface area (Å²) in [5.41, 5.74) is 1.15. The van der Waals surface area contributed by atoms with Crippen molar-refractivity contribution in [1.82, 2.24) is 23.7 Å². The molecule has 7 rings (SSSR count). The molecule has 0 fully saturated rings. The quantitative estimate of drug-likeness (QED) is 0.0782. The standard InChI is InChI=1S/C39H40N6O6.2ClH/c1-41(2)21-22-44-38(49)28-14-15-30(33-34(28)45(39(44)50)31-16-13-25(51-4)23-29(31)35(33)46)40-17-7-18-42(3)19-8-20-43-36(47)26-11-5-9-24-10-6-12-27(32(24)26)37(43)48;;/h5-6,9-16,23,40H,7-8,17-22H2,1-4H3;2*1H. The van der Waals surface area contributed by atoms with E-state index in [0.29, 0.717) is 77.0 Å². The van der Waals surface area contributed by atoms with Crippen LogP contribution in [0.15, 0.2) is 81.1 Å². The lowest BCUT2D eigenvalue weighted by Crippen LogP contribution is -2.41. The number of benzene rings is 4. The normalized spacial score (nSPS) is 12.7. The summed E-state index contributed by atoms with van der Waals surface area (Å²) in [5, 5.41) is 5.90. The van der Waals surface area contributed by atoms with Gasteiger partial charge in [-0.3, -0.25) is 33.0 Å². The second kappa shape index (κ2) is 15.9. The molecule has 12 nitrogen and oxygen atoms in total. The van der Waals surface area contributed by atoms with Gasteiger partial charge in [0, 0.05) is 48.4 Å². The molecule has 14 heteroatoms. The number of hydrogen-bond acceptors (Lipinski definition) is 9. The first-order valence-corrected chi connectivity index (χ1v) is 17.1. The Bertz CT molecular complexity index is 2480. The van der Waals surface area contributed by atoms with E-state index >= 15 is 0 Å². The van der Waals surface area contributed by atoms with Gasteiger partial charge in [-0.25, -0.2) is 4.79 Å². The molecular formula is C39H42Cl2N6O6. The van der Waals surface area contributed by atoms with Crippen molar-refractivity contribution in [3.05, 3.63) is 109 Å². The van der Waals surface area contributed by atoms with Gasteiger partial charge in [0.1, 0.15) is 5.75 Å². The van der Waals surface area contributed by atoms with E-state index in [1.54, 1.807) is 42.5 Å². The zero-order valence-corrected chi connectivity index (χ0v) is 31.6. The smallest absolute Gasteiger partial charge is 0.336 e. The Morgan fingerprint density at radius 3 is 2.08 bits per heavy atom. The van der Waals surface area contributed by atoms with E-state index < -0.39 is 11.2 Å². The third kappa shape index (κ3) is 6.95. The number of carbonyl (C=O) groups excluding carboxylic acids is 2. The molecule has 2 aromatic heterocycles. The van der Waals surface area contributed by atoms with Crippen molar-refractivity contribution < 1.29 is 14.3 Å². The molecule has 4 aromatic carbocycles. The van der Waals surface area contributed by atoms with Gasteiger partial charge in [0.25, 0.3) is 17.4 Å². The molecule has 1 N–H and O–H groups in total. The molecular weight excluding hydrogens is 719 g/mol. The number of anilines is 1. The fourth-order valence-electron chi connectivity index (χ4n) is 7.16. The van der Waals surface area contributed by atoms with Crippen molar-refractivity contribution in [2.24, 2.45) is 0 Å². The highest BCUT2D eigenvalue weighted by Gasteiger charge is 2.32. The summed E-state index contributed by atoms with van der Waals surface area (Å²) in [7, 11) is 7.26. The van der Waals surface area contributed by atoms with Crippen LogP contribution in [0.4, 0.5) is 5.69 Å². The van der Waals surface area contributed by atoms with Gasteiger partial charge >= 0.3 is 5.69 Å². The highest BCUT2D eigenvalue weighted by atomic mass is 35.5. The van der Waals surface area contributed by atoms with Crippen molar-refractivity contribution in [1.29, 1.82) is 0 Å². The highest BCUT2D eigenvalue weighted by Crippen LogP contribution is 2.31. The summed E-state index contributed by atoms with van der Waals surface area (Å²) in [6.07, 6.45) is 1.35. The molecule has 0 spiro atoms. The number of imide groups is 1. The van der Waals surface area contributed by atoms with Crippen molar-refractivity contribution in [2.45, 2.75) is 19.4 Å². The van der Waals surface area contributed by atoms with E-state index in [1.807, 2.05) is 50.3 Å². The summed E-state index contributed by atoms with van der Waals surface area (Å²) in [4.78, 5) is 73.5. The highest BCUT2D eigenvalue weighted by molar-refractivity contribution is 6.25. The Hall–Kier alpha value is -5.01. The zero-order chi connectivity index (χ0) is 36.0. The molecule has 278 valence electrons. The number of halogens is 2. The lowest BCUT2D eigenvalue weighted by molar-refractivity contribution is 0.0605. The number of hydrogen-bond donors (Lipinski definition) is 1. The molecule has 0 saturated carbocycles. The second-order valence-electron chi connectivity index (χ2n) is 13.4. The van der Waals surface area contributed by atoms with Crippen LogP contribution in [-0.4, -0.2) is 96.5 Å².